The topological polar surface area (TPSA) is 24.5 Å². The van der Waals surface area contributed by atoms with E-state index in [4.69, 9.17) is 4.74 Å². The molecule has 0 bridgehead atoms. The summed E-state index contributed by atoms with van der Waals surface area (Å²) in [7, 11) is 0. The second kappa shape index (κ2) is 8.04. The van der Waals surface area contributed by atoms with Crippen LogP contribution in [0.3, 0.4) is 0 Å². The number of ether oxygens (including phenoxy) is 1. The van der Waals surface area contributed by atoms with Crippen molar-refractivity contribution in [2.75, 3.05) is 26.2 Å². The fourth-order valence-corrected chi connectivity index (χ4v) is 2.59. The van der Waals surface area contributed by atoms with Gasteiger partial charge in [-0.15, -0.1) is 12.4 Å². The third-order valence-electron chi connectivity index (χ3n) is 3.40. The summed E-state index contributed by atoms with van der Waals surface area (Å²) in [6.45, 7) is 5.51. The summed E-state index contributed by atoms with van der Waals surface area (Å²) in [5.74, 6) is 0.313. The molecular formula is C15H22ClF3N2O. The van der Waals surface area contributed by atoms with Crippen molar-refractivity contribution >= 4 is 12.4 Å². The molecular weight excluding hydrogens is 317 g/mol. The molecule has 3 nitrogen and oxygen atoms in total. The smallest absolute Gasteiger partial charge is 0.408 e. The fourth-order valence-electron chi connectivity index (χ4n) is 2.59. The Kier molecular flexibility index (Phi) is 6.97. The van der Waals surface area contributed by atoms with Crippen molar-refractivity contribution in [1.29, 1.82) is 0 Å². The molecule has 1 heterocycles. The van der Waals surface area contributed by atoms with Crippen molar-refractivity contribution in [2.45, 2.75) is 32.2 Å². The Labute approximate surface area is 135 Å². The Morgan fingerprint density at radius 3 is 2.27 bits per heavy atom. The maximum Gasteiger partial charge on any atom is 0.408 e. The van der Waals surface area contributed by atoms with Crippen LogP contribution >= 0.6 is 12.4 Å². The Bertz CT molecular complexity index is 462. The van der Waals surface area contributed by atoms with Crippen LogP contribution in [-0.2, 0) is 0 Å². The van der Waals surface area contributed by atoms with Gasteiger partial charge in [0.1, 0.15) is 11.8 Å². The van der Waals surface area contributed by atoms with E-state index in [0.29, 0.717) is 31.9 Å². The predicted octanol–water partition coefficient (Wildman–Crippen LogP) is 3.40. The third-order valence-corrected chi connectivity index (χ3v) is 3.40. The Balaban J connectivity index is 0.00000242. The van der Waals surface area contributed by atoms with Gasteiger partial charge < -0.3 is 10.1 Å². The molecule has 0 saturated carbocycles. The number of nitrogens with one attached hydrogen (secondary N) is 1. The molecule has 1 aromatic carbocycles. The van der Waals surface area contributed by atoms with Crippen molar-refractivity contribution in [1.82, 2.24) is 10.2 Å². The van der Waals surface area contributed by atoms with Crippen LogP contribution in [-0.4, -0.2) is 43.4 Å². The second-order valence-electron chi connectivity index (χ2n) is 5.43. The van der Waals surface area contributed by atoms with Gasteiger partial charge in [-0.3, -0.25) is 4.90 Å². The molecule has 22 heavy (non-hydrogen) atoms. The minimum absolute atomic E-state index is 0. The highest BCUT2D eigenvalue weighted by atomic mass is 35.5. The van der Waals surface area contributed by atoms with Gasteiger partial charge in [-0.2, -0.15) is 13.2 Å². The molecule has 2 rings (SSSR count). The average Bonchev–Trinajstić information content (AvgIpc) is 2.40. The van der Waals surface area contributed by atoms with E-state index in [1.165, 1.54) is 11.0 Å². The van der Waals surface area contributed by atoms with Gasteiger partial charge in [0.25, 0.3) is 0 Å². The number of nitrogens with zero attached hydrogens (tertiary/aromatic N) is 1. The fraction of sp³-hybridized carbons (Fsp3) is 0.600. The normalized spacial score (nSPS) is 17.9. The van der Waals surface area contributed by atoms with Gasteiger partial charge in [0.15, 0.2) is 0 Å². The lowest BCUT2D eigenvalue weighted by atomic mass is 10.0. The van der Waals surface area contributed by atoms with Crippen LogP contribution in [0.5, 0.6) is 5.75 Å². The van der Waals surface area contributed by atoms with Gasteiger partial charge in [-0.25, -0.2) is 0 Å². The zero-order valence-corrected chi connectivity index (χ0v) is 13.5. The molecule has 7 heteroatoms. The lowest BCUT2D eigenvalue weighted by Crippen LogP contribution is -2.49. The maximum atomic E-state index is 13.6. The van der Waals surface area contributed by atoms with Crippen LogP contribution in [0.4, 0.5) is 13.2 Å². The van der Waals surface area contributed by atoms with E-state index in [2.05, 4.69) is 5.32 Å². The number of para-hydroxylation sites is 1. The quantitative estimate of drug-likeness (QED) is 0.910. The maximum absolute atomic E-state index is 13.6. The van der Waals surface area contributed by atoms with E-state index in [9.17, 15) is 13.2 Å². The predicted molar refractivity (Wildman–Crippen MR) is 82.7 cm³/mol. The molecule has 1 fully saturated rings. The highest BCUT2D eigenvalue weighted by Gasteiger charge is 2.46. The number of piperazine rings is 1. The van der Waals surface area contributed by atoms with E-state index >= 15 is 0 Å². The Morgan fingerprint density at radius 2 is 1.73 bits per heavy atom. The summed E-state index contributed by atoms with van der Waals surface area (Å²) in [5, 5.41) is 3.08. The number of benzene rings is 1. The molecule has 1 saturated heterocycles. The second-order valence-corrected chi connectivity index (χ2v) is 5.43. The van der Waals surface area contributed by atoms with E-state index in [0.717, 1.165) is 0 Å². The molecule has 0 unspecified atom stereocenters. The first kappa shape index (κ1) is 19.1. The minimum Gasteiger partial charge on any atom is -0.491 e. The summed E-state index contributed by atoms with van der Waals surface area (Å²) >= 11 is 0. The van der Waals surface area contributed by atoms with Crippen molar-refractivity contribution in [3.8, 4) is 5.75 Å². The minimum atomic E-state index is -4.33. The summed E-state index contributed by atoms with van der Waals surface area (Å²) in [4.78, 5) is 1.47. The number of rotatable bonds is 4. The number of hydrogen-bond acceptors (Lipinski definition) is 3. The number of halogens is 4. The standard InChI is InChI=1S/C15H21F3N2O.ClH/c1-11(2)21-13-6-4-3-5-12(13)14(15(16,17)18)20-9-7-19-8-10-20;/h3-6,11,14,19H,7-10H2,1-2H3;1H/t14-;/m0./s1. The van der Waals surface area contributed by atoms with Gasteiger partial charge in [-0.1, -0.05) is 18.2 Å². The van der Waals surface area contributed by atoms with Crippen molar-refractivity contribution in [2.24, 2.45) is 0 Å². The SMILES string of the molecule is CC(C)Oc1ccccc1[C@H](N1CCNCC1)C(F)(F)F.Cl. The lowest BCUT2D eigenvalue weighted by molar-refractivity contribution is -0.188. The molecule has 126 valence electrons. The molecule has 0 aromatic heterocycles. The first-order valence-electron chi connectivity index (χ1n) is 7.16. The molecule has 1 N–H and O–H groups in total. The monoisotopic (exact) mass is 338 g/mol. The van der Waals surface area contributed by atoms with Gasteiger partial charge in [0.2, 0.25) is 0 Å². The lowest BCUT2D eigenvalue weighted by Gasteiger charge is -2.36. The Morgan fingerprint density at radius 1 is 1.14 bits per heavy atom. The molecule has 1 aliphatic heterocycles. The van der Waals surface area contributed by atoms with Gasteiger partial charge in [0.05, 0.1) is 6.10 Å². The first-order valence-corrected chi connectivity index (χ1v) is 7.16. The van der Waals surface area contributed by atoms with Crippen LogP contribution in [0.25, 0.3) is 0 Å². The van der Waals surface area contributed by atoms with Crippen LogP contribution in [0.2, 0.25) is 0 Å². The summed E-state index contributed by atoms with van der Waals surface area (Å²) in [6, 6.07) is 4.83. The van der Waals surface area contributed by atoms with Crippen LogP contribution < -0.4 is 10.1 Å². The van der Waals surface area contributed by atoms with Crippen molar-refractivity contribution < 1.29 is 17.9 Å². The third kappa shape index (κ3) is 4.76. The molecule has 0 aliphatic carbocycles. The number of hydrogen-bond donors (Lipinski definition) is 1. The van der Waals surface area contributed by atoms with E-state index in [-0.39, 0.29) is 24.1 Å². The molecule has 1 aromatic rings. The molecule has 1 aliphatic rings. The summed E-state index contributed by atoms with van der Waals surface area (Å²) in [5.41, 5.74) is 0.195. The number of alkyl halides is 3. The largest absolute Gasteiger partial charge is 0.491 e. The summed E-state index contributed by atoms with van der Waals surface area (Å²) in [6.07, 6.45) is -4.49. The van der Waals surface area contributed by atoms with Crippen LogP contribution in [0, 0.1) is 0 Å². The van der Waals surface area contributed by atoms with Crippen molar-refractivity contribution in [3.63, 3.8) is 0 Å². The highest BCUT2D eigenvalue weighted by molar-refractivity contribution is 5.85. The van der Waals surface area contributed by atoms with E-state index in [1.54, 1.807) is 18.2 Å². The van der Waals surface area contributed by atoms with Gasteiger partial charge in [-0.05, 0) is 19.9 Å². The molecule has 0 amide bonds. The van der Waals surface area contributed by atoms with Crippen molar-refractivity contribution in [3.05, 3.63) is 29.8 Å². The van der Waals surface area contributed by atoms with E-state index < -0.39 is 12.2 Å². The molecule has 0 spiro atoms. The molecule has 1 atom stereocenters. The van der Waals surface area contributed by atoms with Crippen LogP contribution in [0.15, 0.2) is 24.3 Å². The Hall–Kier alpha value is -0.980. The first-order chi connectivity index (χ1) is 9.89. The molecule has 0 radical (unpaired) electrons. The van der Waals surface area contributed by atoms with Gasteiger partial charge in [0, 0.05) is 31.7 Å². The zero-order valence-electron chi connectivity index (χ0n) is 12.7. The van der Waals surface area contributed by atoms with Gasteiger partial charge >= 0.3 is 6.18 Å². The highest BCUT2D eigenvalue weighted by Crippen LogP contribution is 2.41. The van der Waals surface area contributed by atoms with Crippen LogP contribution in [0.1, 0.15) is 25.5 Å². The summed E-state index contributed by atoms with van der Waals surface area (Å²) < 4.78 is 46.3. The zero-order chi connectivity index (χ0) is 15.5. The average molecular weight is 339 g/mol. The van der Waals surface area contributed by atoms with E-state index in [1.807, 2.05) is 13.8 Å².